The van der Waals surface area contributed by atoms with E-state index in [1.807, 2.05) is 13.0 Å². The summed E-state index contributed by atoms with van der Waals surface area (Å²) in [5.74, 6) is 0.939. The van der Waals surface area contributed by atoms with Gasteiger partial charge in [0.1, 0.15) is 0 Å². The predicted octanol–water partition coefficient (Wildman–Crippen LogP) is 1.59. The lowest BCUT2D eigenvalue weighted by Gasteiger charge is -2.34. The first-order chi connectivity index (χ1) is 7.13. The zero-order valence-electron chi connectivity index (χ0n) is 9.56. The second kappa shape index (κ2) is 4.33. The van der Waals surface area contributed by atoms with Crippen LogP contribution < -0.4 is 0 Å². The number of ether oxygens (including phenoxy) is 1. The molecule has 1 aromatic heterocycles. The third-order valence-electron chi connectivity index (χ3n) is 2.55. The molecule has 1 fully saturated rings. The smallest absolute Gasteiger partial charge is 0.150 e. The van der Waals surface area contributed by atoms with Crippen molar-refractivity contribution < 1.29 is 9.26 Å². The lowest BCUT2D eigenvalue weighted by Crippen LogP contribution is -2.44. The fraction of sp³-hybridized carbons (Fsp3) is 0.727. The van der Waals surface area contributed by atoms with Crippen LogP contribution in [0.3, 0.4) is 0 Å². The number of aromatic nitrogens is 1. The van der Waals surface area contributed by atoms with Gasteiger partial charge in [-0.1, -0.05) is 5.16 Å². The van der Waals surface area contributed by atoms with Gasteiger partial charge in [0.2, 0.25) is 0 Å². The fourth-order valence-electron chi connectivity index (χ4n) is 2.12. The molecule has 4 nitrogen and oxygen atoms in total. The Morgan fingerprint density at radius 1 is 1.40 bits per heavy atom. The first kappa shape index (κ1) is 10.6. The topological polar surface area (TPSA) is 38.5 Å². The molecule has 1 saturated heterocycles. The predicted molar refractivity (Wildman–Crippen MR) is 56.5 cm³/mol. The van der Waals surface area contributed by atoms with Crippen molar-refractivity contribution >= 4 is 0 Å². The summed E-state index contributed by atoms with van der Waals surface area (Å²) in [5, 5.41) is 3.89. The second-order valence-corrected chi connectivity index (χ2v) is 4.39. The maximum Gasteiger partial charge on any atom is 0.150 e. The Bertz CT molecular complexity index is 314. The van der Waals surface area contributed by atoms with Crippen LogP contribution in [0.1, 0.15) is 25.3 Å². The quantitative estimate of drug-likeness (QED) is 0.743. The van der Waals surface area contributed by atoms with Crippen LogP contribution in [-0.4, -0.2) is 35.4 Å². The van der Waals surface area contributed by atoms with Gasteiger partial charge in [0.15, 0.2) is 5.76 Å². The van der Waals surface area contributed by atoms with E-state index in [1.54, 1.807) is 0 Å². The minimum absolute atomic E-state index is 0.303. The first-order valence-electron chi connectivity index (χ1n) is 5.43. The maximum absolute atomic E-state index is 5.67. The van der Waals surface area contributed by atoms with Crippen LogP contribution in [0.15, 0.2) is 10.6 Å². The van der Waals surface area contributed by atoms with Gasteiger partial charge < -0.3 is 9.26 Å². The number of hydrogen-bond donors (Lipinski definition) is 0. The van der Waals surface area contributed by atoms with Crippen LogP contribution in [-0.2, 0) is 11.3 Å². The highest BCUT2D eigenvalue weighted by Gasteiger charge is 2.22. The molecule has 1 aliphatic rings. The zero-order valence-corrected chi connectivity index (χ0v) is 9.56. The van der Waals surface area contributed by atoms with E-state index < -0.39 is 0 Å². The van der Waals surface area contributed by atoms with Crippen LogP contribution >= 0.6 is 0 Å². The van der Waals surface area contributed by atoms with Crippen molar-refractivity contribution in [3.05, 3.63) is 17.5 Å². The molecule has 0 aromatic carbocycles. The van der Waals surface area contributed by atoms with Crippen molar-refractivity contribution in [2.75, 3.05) is 13.1 Å². The number of hydrogen-bond acceptors (Lipinski definition) is 4. The van der Waals surface area contributed by atoms with Gasteiger partial charge in [0.05, 0.1) is 24.4 Å². The molecule has 0 aliphatic carbocycles. The van der Waals surface area contributed by atoms with Gasteiger partial charge in [-0.25, -0.2) is 0 Å². The molecule has 2 atom stereocenters. The highest BCUT2D eigenvalue weighted by molar-refractivity contribution is 5.03. The molecular weight excluding hydrogens is 192 g/mol. The molecule has 2 rings (SSSR count). The molecule has 0 spiro atoms. The molecule has 15 heavy (non-hydrogen) atoms. The molecule has 0 saturated carbocycles. The standard InChI is InChI=1S/C11H18N2O2/c1-8-4-11(15-12-8)7-13-5-9(2)14-10(3)6-13/h4,9-10H,5-7H2,1-3H3/t9-,10+. The van der Waals surface area contributed by atoms with Crippen molar-refractivity contribution in [1.29, 1.82) is 0 Å². The second-order valence-electron chi connectivity index (χ2n) is 4.39. The van der Waals surface area contributed by atoms with Gasteiger partial charge >= 0.3 is 0 Å². The van der Waals surface area contributed by atoms with Gasteiger partial charge in [0.25, 0.3) is 0 Å². The molecule has 0 N–H and O–H groups in total. The van der Waals surface area contributed by atoms with Gasteiger partial charge in [-0.2, -0.15) is 0 Å². The Kier molecular flexibility index (Phi) is 3.07. The maximum atomic E-state index is 5.67. The summed E-state index contributed by atoms with van der Waals surface area (Å²) in [5.41, 5.74) is 0.944. The molecule has 1 aromatic rings. The van der Waals surface area contributed by atoms with Crippen molar-refractivity contribution in [1.82, 2.24) is 10.1 Å². The Hall–Kier alpha value is -0.870. The average molecular weight is 210 g/mol. The number of aryl methyl sites for hydroxylation is 1. The van der Waals surface area contributed by atoms with Crippen LogP contribution in [0.5, 0.6) is 0 Å². The van der Waals surface area contributed by atoms with E-state index in [4.69, 9.17) is 9.26 Å². The number of morpholine rings is 1. The van der Waals surface area contributed by atoms with Gasteiger partial charge in [-0.15, -0.1) is 0 Å². The summed E-state index contributed by atoms with van der Waals surface area (Å²) in [6, 6.07) is 1.99. The summed E-state index contributed by atoms with van der Waals surface area (Å²) in [7, 11) is 0. The average Bonchev–Trinajstić information content (AvgIpc) is 2.49. The largest absolute Gasteiger partial charge is 0.373 e. The molecule has 0 radical (unpaired) electrons. The summed E-state index contributed by atoms with van der Waals surface area (Å²) in [4.78, 5) is 2.35. The van der Waals surface area contributed by atoms with E-state index in [1.165, 1.54) is 0 Å². The third-order valence-corrected chi connectivity index (χ3v) is 2.55. The molecule has 1 aliphatic heterocycles. The zero-order chi connectivity index (χ0) is 10.8. The Labute approximate surface area is 90.2 Å². The Morgan fingerprint density at radius 2 is 2.07 bits per heavy atom. The molecule has 4 heteroatoms. The summed E-state index contributed by atoms with van der Waals surface area (Å²) in [6.07, 6.45) is 0.607. The highest BCUT2D eigenvalue weighted by atomic mass is 16.5. The molecule has 0 amide bonds. The highest BCUT2D eigenvalue weighted by Crippen LogP contribution is 2.14. The van der Waals surface area contributed by atoms with Crippen molar-refractivity contribution in [3.8, 4) is 0 Å². The number of nitrogens with zero attached hydrogens (tertiary/aromatic N) is 2. The van der Waals surface area contributed by atoms with E-state index >= 15 is 0 Å². The van der Waals surface area contributed by atoms with E-state index in [0.29, 0.717) is 12.2 Å². The van der Waals surface area contributed by atoms with Gasteiger partial charge in [0, 0.05) is 19.2 Å². The van der Waals surface area contributed by atoms with Crippen LogP contribution in [0.2, 0.25) is 0 Å². The summed E-state index contributed by atoms with van der Waals surface area (Å²) < 4.78 is 10.9. The first-order valence-corrected chi connectivity index (χ1v) is 5.43. The molecular formula is C11H18N2O2. The minimum atomic E-state index is 0.303. The van der Waals surface area contributed by atoms with E-state index in [2.05, 4.69) is 23.9 Å². The van der Waals surface area contributed by atoms with E-state index in [0.717, 1.165) is 31.1 Å². The number of rotatable bonds is 2. The molecule has 2 heterocycles. The fourth-order valence-corrected chi connectivity index (χ4v) is 2.12. The Morgan fingerprint density at radius 3 is 2.60 bits per heavy atom. The minimum Gasteiger partial charge on any atom is -0.373 e. The summed E-state index contributed by atoms with van der Waals surface area (Å²) >= 11 is 0. The van der Waals surface area contributed by atoms with Gasteiger partial charge in [-0.05, 0) is 20.8 Å². The van der Waals surface area contributed by atoms with Crippen molar-refractivity contribution in [3.63, 3.8) is 0 Å². The Balaban J connectivity index is 1.94. The summed E-state index contributed by atoms with van der Waals surface area (Å²) in [6.45, 7) is 8.91. The van der Waals surface area contributed by atoms with Crippen LogP contribution in [0.25, 0.3) is 0 Å². The SMILES string of the molecule is Cc1cc(CN2C[C@@H](C)O[C@@H](C)C2)on1. The van der Waals surface area contributed by atoms with Crippen LogP contribution in [0.4, 0.5) is 0 Å². The molecule has 84 valence electrons. The van der Waals surface area contributed by atoms with Crippen LogP contribution in [0, 0.1) is 6.92 Å². The van der Waals surface area contributed by atoms with E-state index in [-0.39, 0.29) is 0 Å². The molecule has 0 unspecified atom stereocenters. The molecule has 0 bridgehead atoms. The van der Waals surface area contributed by atoms with Crippen molar-refractivity contribution in [2.24, 2.45) is 0 Å². The van der Waals surface area contributed by atoms with Gasteiger partial charge in [-0.3, -0.25) is 4.90 Å². The third kappa shape index (κ3) is 2.79. The lowest BCUT2D eigenvalue weighted by atomic mass is 10.2. The monoisotopic (exact) mass is 210 g/mol. The van der Waals surface area contributed by atoms with E-state index in [9.17, 15) is 0 Å². The normalized spacial score (nSPS) is 28.2. The van der Waals surface area contributed by atoms with Crippen molar-refractivity contribution in [2.45, 2.75) is 39.5 Å². The lowest BCUT2D eigenvalue weighted by molar-refractivity contribution is -0.0721.